The van der Waals surface area contributed by atoms with Crippen LogP contribution in [-0.4, -0.2) is 38.5 Å². The number of halogens is 1. The van der Waals surface area contributed by atoms with Crippen molar-refractivity contribution in [3.63, 3.8) is 0 Å². The van der Waals surface area contributed by atoms with E-state index in [2.05, 4.69) is 4.74 Å². The third-order valence-electron chi connectivity index (χ3n) is 2.61. The standard InChI is InChI=1S/C9H17NO4S.ClH/c1-6(8(10)9(11)14-2)5-15(12,13)7-3-4-7;/h6-8H,3-5,10H2,1-2H3;1H/t6?,8-;/m0./s1. The lowest BCUT2D eigenvalue weighted by atomic mass is 10.1. The highest BCUT2D eigenvalue weighted by atomic mass is 35.5. The van der Waals surface area contributed by atoms with Gasteiger partial charge in [0.2, 0.25) is 0 Å². The number of hydrogen-bond donors (Lipinski definition) is 1. The van der Waals surface area contributed by atoms with E-state index in [0.29, 0.717) is 0 Å². The molecule has 0 spiro atoms. The van der Waals surface area contributed by atoms with Crippen molar-refractivity contribution in [3.05, 3.63) is 0 Å². The third-order valence-corrected chi connectivity index (χ3v) is 5.09. The monoisotopic (exact) mass is 271 g/mol. The third kappa shape index (κ3) is 3.92. The van der Waals surface area contributed by atoms with Crippen LogP contribution in [0.1, 0.15) is 19.8 Å². The molecule has 0 heterocycles. The maximum absolute atomic E-state index is 11.6. The molecular weight excluding hydrogens is 254 g/mol. The summed E-state index contributed by atoms with van der Waals surface area (Å²) in [6.45, 7) is 1.65. The van der Waals surface area contributed by atoms with Crippen LogP contribution >= 0.6 is 12.4 Å². The summed E-state index contributed by atoms with van der Waals surface area (Å²) < 4.78 is 27.7. The Morgan fingerprint density at radius 3 is 2.38 bits per heavy atom. The minimum Gasteiger partial charge on any atom is -0.468 e. The van der Waals surface area contributed by atoms with Crippen molar-refractivity contribution >= 4 is 28.2 Å². The minimum absolute atomic E-state index is 0. The first-order valence-electron chi connectivity index (χ1n) is 4.93. The molecule has 0 amide bonds. The van der Waals surface area contributed by atoms with Crippen molar-refractivity contribution in [2.75, 3.05) is 12.9 Å². The van der Waals surface area contributed by atoms with Crippen molar-refractivity contribution in [1.29, 1.82) is 0 Å². The van der Waals surface area contributed by atoms with E-state index >= 15 is 0 Å². The van der Waals surface area contributed by atoms with E-state index in [1.54, 1.807) is 6.92 Å². The van der Waals surface area contributed by atoms with Gasteiger partial charge in [-0.25, -0.2) is 8.42 Å². The summed E-state index contributed by atoms with van der Waals surface area (Å²) in [6.07, 6.45) is 1.48. The first-order chi connectivity index (χ1) is 6.88. The molecule has 0 aromatic heterocycles. The van der Waals surface area contributed by atoms with Crippen LogP contribution in [0.15, 0.2) is 0 Å². The molecule has 0 aromatic rings. The van der Waals surface area contributed by atoms with Crippen LogP contribution in [0.2, 0.25) is 0 Å². The summed E-state index contributed by atoms with van der Waals surface area (Å²) >= 11 is 0. The lowest BCUT2D eigenvalue weighted by Crippen LogP contribution is -2.41. The molecule has 7 heteroatoms. The van der Waals surface area contributed by atoms with Gasteiger partial charge in [-0.1, -0.05) is 6.92 Å². The summed E-state index contributed by atoms with van der Waals surface area (Å²) in [5.41, 5.74) is 5.56. The Morgan fingerprint density at radius 1 is 1.50 bits per heavy atom. The van der Waals surface area contributed by atoms with Gasteiger partial charge in [0.1, 0.15) is 6.04 Å². The van der Waals surface area contributed by atoms with Crippen molar-refractivity contribution in [3.8, 4) is 0 Å². The molecule has 0 aromatic carbocycles. The number of sulfone groups is 1. The zero-order chi connectivity index (χ0) is 11.6. The molecule has 1 unspecified atom stereocenters. The molecule has 1 fully saturated rings. The second kappa shape index (κ2) is 5.84. The fourth-order valence-electron chi connectivity index (χ4n) is 1.40. The van der Waals surface area contributed by atoms with Crippen molar-refractivity contribution in [2.24, 2.45) is 11.7 Å². The van der Waals surface area contributed by atoms with Crippen LogP contribution in [0.3, 0.4) is 0 Å². The molecule has 1 saturated carbocycles. The van der Waals surface area contributed by atoms with Gasteiger partial charge in [-0.05, 0) is 18.8 Å². The van der Waals surface area contributed by atoms with Gasteiger partial charge in [-0.3, -0.25) is 4.79 Å². The summed E-state index contributed by atoms with van der Waals surface area (Å²) in [7, 11) is -1.82. The van der Waals surface area contributed by atoms with Crippen LogP contribution in [-0.2, 0) is 19.4 Å². The SMILES string of the molecule is COC(=O)[C@@H](N)C(C)CS(=O)(=O)C1CC1.Cl. The van der Waals surface area contributed by atoms with Gasteiger partial charge in [0, 0.05) is 0 Å². The van der Waals surface area contributed by atoms with E-state index in [1.807, 2.05) is 0 Å². The number of methoxy groups -OCH3 is 1. The molecular formula is C9H18ClNO4S. The Labute approximate surface area is 102 Å². The molecule has 2 N–H and O–H groups in total. The second-order valence-electron chi connectivity index (χ2n) is 4.06. The first kappa shape index (κ1) is 15.7. The summed E-state index contributed by atoms with van der Waals surface area (Å²) in [5, 5.41) is -0.204. The van der Waals surface area contributed by atoms with Gasteiger partial charge < -0.3 is 10.5 Å². The fraction of sp³-hybridized carbons (Fsp3) is 0.889. The Hall–Kier alpha value is -0.330. The van der Waals surface area contributed by atoms with Gasteiger partial charge in [-0.2, -0.15) is 0 Å². The van der Waals surface area contributed by atoms with Gasteiger partial charge in [0.05, 0.1) is 18.1 Å². The second-order valence-corrected chi connectivity index (χ2v) is 6.38. The summed E-state index contributed by atoms with van der Waals surface area (Å²) in [6, 6.07) is -0.858. The molecule has 5 nitrogen and oxygen atoms in total. The van der Waals surface area contributed by atoms with Crippen LogP contribution in [0.4, 0.5) is 0 Å². The molecule has 96 valence electrons. The Kier molecular flexibility index (Phi) is 5.72. The molecule has 0 radical (unpaired) electrons. The predicted octanol–water partition coefficient (Wildman–Crippen LogP) is 0.122. The fourth-order valence-corrected chi connectivity index (χ4v) is 3.47. The molecule has 0 saturated heterocycles. The number of hydrogen-bond acceptors (Lipinski definition) is 5. The molecule has 1 rings (SSSR count). The van der Waals surface area contributed by atoms with Crippen LogP contribution < -0.4 is 5.73 Å². The summed E-state index contributed by atoms with van der Waals surface area (Å²) in [4.78, 5) is 11.1. The van der Waals surface area contributed by atoms with E-state index in [1.165, 1.54) is 7.11 Å². The van der Waals surface area contributed by atoms with Gasteiger partial charge in [0.15, 0.2) is 9.84 Å². The number of ether oxygens (including phenoxy) is 1. The van der Waals surface area contributed by atoms with E-state index in [0.717, 1.165) is 12.8 Å². The first-order valence-corrected chi connectivity index (χ1v) is 6.65. The molecule has 1 aliphatic rings. The quantitative estimate of drug-likeness (QED) is 0.718. The van der Waals surface area contributed by atoms with E-state index in [9.17, 15) is 13.2 Å². The summed E-state index contributed by atoms with van der Waals surface area (Å²) in [5.74, 6) is -0.995. The van der Waals surface area contributed by atoms with Crippen molar-refractivity contribution in [1.82, 2.24) is 0 Å². The average Bonchev–Trinajstić information content (AvgIpc) is 2.97. The number of rotatable bonds is 5. The largest absolute Gasteiger partial charge is 0.468 e. The van der Waals surface area contributed by atoms with E-state index in [4.69, 9.17) is 5.73 Å². The number of esters is 1. The van der Waals surface area contributed by atoms with Gasteiger partial charge in [0.25, 0.3) is 0 Å². The molecule has 1 aliphatic carbocycles. The minimum atomic E-state index is -3.06. The number of carbonyl (C=O) groups is 1. The Balaban J connectivity index is 0.00000225. The van der Waals surface area contributed by atoms with Crippen molar-refractivity contribution in [2.45, 2.75) is 31.1 Å². The maximum Gasteiger partial charge on any atom is 0.322 e. The highest BCUT2D eigenvalue weighted by Crippen LogP contribution is 2.30. The zero-order valence-electron chi connectivity index (χ0n) is 9.38. The molecule has 0 bridgehead atoms. The highest BCUT2D eigenvalue weighted by Gasteiger charge is 2.38. The number of carbonyl (C=O) groups excluding carboxylic acids is 1. The lowest BCUT2D eigenvalue weighted by molar-refractivity contribution is -0.143. The lowest BCUT2D eigenvalue weighted by Gasteiger charge is -2.17. The predicted molar refractivity (Wildman–Crippen MR) is 63.2 cm³/mol. The average molecular weight is 272 g/mol. The molecule has 16 heavy (non-hydrogen) atoms. The highest BCUT2D eigenvalue weighted by molar-refractivity contribution is 7.92. The van der Waals surface area contributed by atoms with Gasteiger partial charge in [-0.15, -0.1) is 12.4 Å². The number of nitrogens with two attached hydrogens (primary N) is 1. The maximum atomic E-state index is 11.6. The zero-order valence-corrected chi connectivity index (χ0v) is 11.0. The normalized spacial score (nSPS) is 19.4. The molecule has 0 aliphatic heterocycles. The van der Waals surface area contributed by atoms with Crippen LogP contribution in [0.5, 0.6) is 0 Å². The Morgan fingerprint density at radius 2 is 2.00 bits per heavy atom. The Bertz CT molecular complexity index is 339. The van der Waals surface area contributed by atoms with Crippen LogP contribution in [0.25, 0.3) is 0 Å². The topological polar surface area (TPSA) is 86.5 Å². The molecule has 2 atom stereocenters. The van der Waals surface area contributed by atoms with Crippen molar-refractivity contribution < 1.29 is 17.9 Å². The van der Waals surface area contributed by atoms with Crippen LogP contribution in [0, 0.1) is 5.92 Å². The van der Waals surface area contributed by atoms with E-state index < -0.39 is 27.8 Å². The van der Waals surface area contributed by atoms with E-state index in [-0.39, 0.29) is 23.4 Å². The smallest absolute Gasteiger partial charge is 0.322 e. The van der Waals surface area contributed by atoms with Gasteiger partial charge >= 0.3 is 5.97 Å².